The van der Waals surface area contributed by atoms with Gasteiger partial charge in [-0.2, -0.15) is 0 Å². The quantitative estimate of drug-likeness (QED) is 0.850. The maximum atomic E-state index is 12.1. The fourth-order valence-electron chi connectivity index (χ4n) is 1.52. The molecular formula is C14H13ClN4OS. The van der Waals surface area contributed by atoms with Gasteiger partial charge in [-0.1, -0.05) is 41.7 Å². The highest BCUT2D eigenvalue weighted by molar-refractivity contribution is 7.15. The Morgan fingerprint density at radius 2 is 2.29 bits per heavy atom. The number of carbonyl (C=O) groups is 1. The lowest BCUT2D eigenvalue weighted by Gasteiger charge is -2.03. The van der Waals surface area contributed by atoms with Crippen LogP contribution in [0.2, 0.25) is 5.02 Å². The molecule has 1 amide bonds. The zero-order valence-electron chi connectivity index (χ0n) is 11.3. The summed E-state index contributed by atoms with van der Waals surface area (Å²) >= 11 is 7.44. The normalized spacial score (nSPS) is 9.86. The van der Waals surface area contributed by atoms with Crippen molar-refractivity contribution in [3.63, 3.8) is 0 Å². The standard InChI is InChI=1S/C14H13ClN4OS/c1-2-12-18-19-14(21-12)17-13(20)10-6-5-9(4-3-7-16)11(15)8-10/h5-6,8H,2,7,16H2,1H3,(H,17,19,20). The van der Waals surface area contributed by atoms with Gasteiger partial charge in [-0.15, -0.1) is 10.2 Å². The van der Waals surface area contributed by atoms with Gasteiger partial charge in [-0.05, 0) is 24.6 Å². The molecule has 0 spiro atoms. The van der Waals surface area contributed by atoms with Crippen molar-refractivity contribution in [2.24, 2.45) is 5.73 Å². The SMILES string of the molecule is CCc1nnc(NC(=O)c2ccc(C#CCN)c(Cl)c2)s1. The molecule has 0 aliphatic heterocycles. The number of hydrogen-bond acceptors (Lipinski definition) is 5. The number of halogens is 1. The van der Waals surface area contributed by atoms with Gasteiger partial charge in [-0.25, -0.2) is 0 Å². The third-order valence-electron chi connectivity index (χ3n) is 2.55. The summed E-state index contributed by atoms with van der Waals surface area (Å²) < 4.78 is 0. The van der Waals surface area contributed by atoms with Crippen LogP contribution in [-0.4, -0.2) is 22.6 Å². The zero-order chi connectivity index (χ0) is 15.2. The number of anilines is 1. The molecule has 0 atom stereocenters. The summed E-state index contributed by atoms with van der Waals surface area (Å²) in [6.45, 7) is 2.24. The Balaban J connectivity index is 2.14. The average Bonchev–Trinajstić information content (AvgIpc) is 2.93. The average molecular weight is 321 g/mol. The van der Waals surface area contributed by atoms with Gasteiger partial charge in [0.2, 0.25) is 5.13 Å². The van der Waals surface area contributed by atoms with E-state index < -0.39 is 0 Å². The van der Waals surface area contributed by atoms with Gasteiger partial charge >= 0.3 is 0 Å². The topological polar surface area (TPSA) is 80.9 Å². The van der Waals surface area contributed by atoms with Crippen molar-refractivity contribution in [1.29, 1.82) is 0 Å². The fraction of sp³-hybridized carbons (Fsp3) is 0.214. The Bertz CT molecular complexity index is 717. The fourth-order valence-corrected chi connectivity index (χ4v) is 2.42. The minimum atomic E-state index is -0.283. The van der Waals surface area contributed by atoms with Crippen molar-refractivity contribution in [2.75, 3.05) is 11.9 Å². The number of aryl methyl sites for hydroxylation is 1. The van der Waals surface area contributed by atoms with E-state index >= 15 is 0 Å². The van der Waals surface area contributed by atoms with Gasteiger partial charge in [0, 0.05) is 11.1 Å². The van der Waals surface area contributed by atoms with E-state index in [1.807, 2.05) is 6.92 Å². The van der Waals surface area contributed by atoms with Crippen LogP contribution >= 0.6 is 22.9 Å². The molecule has 1 aromatic heterocycles. The van der Waals surface area contributed by atoms with E-state index in [-0.39, 0.29) is 12.5 Å². The lowest BCUT2D eigenvalue weighted by atomic mass is 10.1. The van der Waals surface area contributed by atoms with Crippen LogP contribution in [0.3, 0.4) is 0 Å². The third kappa shape index (κ3) is 4.02. The van der Waals surface area contributed by atoms with Gasteiger partial charge in [0.25, 0.3) is 5.91 Å². The molecule has 1 aromatic carbocycles. The largest absolute Gasteiger partial charge is 0.320 e. The van der Waals surface area contributed by atoms with Gasteiger partial charge in [-0.3, -0.25) is 10.1 Å². The van der Waals surface area contributed by atoms with Gasteiger partial charge in [0.1, 0.15) is 5.01 Å². The van der Waals surface area contributed by atoms with Crippen LogP contribution in [0, 0.1) is 11.8 Å². The van der Waals surface area contributed by atoms with Gasteiger partial charge in [0.15, 0.2) is 0 Å². The molecule has 5 nitrogen and oxygen atoms in total. The summed E-state index contributed by atoms with van der Waals surface area (Å²) in [5, 5.41) is 12.3. The molecule has 0 saturated carbocycles. The summed E-state index contributed by atoms with van der Waals surface area (Å²) in [5.74, 6) is 5.28. The summed E-state index contributed by atoms with van der Waals surface area (Å²) in [6.07, 6.45) is 0.786. The highest BCUT2D eigenvalue weighted by Gasteiger charge is 2.11. The number of benzene rings is 1. The lowest BCUT2D eigenvalue weighted by molar-refractivity contribution is 0.102. The highest BCUT2D eigenvalue weighted by atomic mass is 35.5. The number of aromatic nitrogens is 2. The molecule has 0 unspecified atom stereocenters. The first kappa shape index (κ1) is 15.4. The molecule has 21 heavy (non-hydrogen) atoms. The number of nitrogens with zero attached hydrogens (tertiary/aromatic N) is 2. The maximum absolute atomic E-state index is 12.1. The summed E-state index contributed by atoms with van der Waals surface area (Å²) in [4.78, 5) is 12.1. The molecule has 0 bridgehead atoms. The Morgan fingerprint density at radius 3 is 2.90 bits per heavy atom. The van der Waals surface area contributed by atoms with Gasteiger partial charge in [0.05, 0.1) is 11.6 Å². The lowest BCUT2D eigenvalue weighted by Crippen LogP contribution is -2.11. The van der Waals surface area contributed by atoms with Crippen LogP contribution in [0.15, 0.2) is 18.2 Å². The first-order valence-corrected chi connectivity index (χ1v) is 7.45. The zero-order valence-corrected chi connectivity index (χ0v) is 12.9. The van der Waals surface area contributed by atoms with Crippen LogP contribution in [0.5, 0.6) is 0 Å². The molecule has 7 heteroatoms. The molecule has 1 heterocycles. The Morgan fingerprint density at radius 1 is 1.48 bits per heavy atom. The van der Waals surface area contributed by atoms with Crippen molar-refractivity contribution >= 4 is 34.0 Å². The maximum Gasteiger partial charge on any atom is 0.257 e. The van der Waals surface area contributed by atoms with Crippen molar-refractivity contribution in [1.82, 2.24) is 10.2 Å². The molecular weight excluding hydrogens is 308 g/mol. The third-order valence-corrected chi connectivity index (χ3v) is 3.84. The predicted octanol–water partition coefficient (Wildman–Crippen LogP) is 2.32. The van der Waals surface area contributed by atoms with Crippen molar-refractivity contribution < 1.29 is 4.79 Å². The van der Waals surface area contributed by atoms with E-state index in [0.29, 0.717) is 21.3 Å². The van der Waals surface area contributed by atoms with Crippen molar-refractivity contribution in [3.8, 4) is 11.8 Å². The molecule has 2 rings (SSSR count). The van der Waals surface area contributed by atoms with Gasteiger partial charge < -0.3 is 5.73 Å². The second-order valence-electron chi connectivity index (χ2n) is 4.01. The van der Waals surface area contributed by atoms with E-state index in [4.69, 9.17) is 17.3 Å². The van der Waals surface area contributed by atoms with Crippen LogP contribution in [0.4, 0.5) is 5.13 Å². The van der Waals surface area contributed by atoms with E-state index in [9.17, 15) is 4.79 Å². The molecule has 0 radical (unpaired) electrons. The monoisotopic (exact) mass is 320 g/mol. The number of amides is 1. The number of hydrogen-bond donors (Lipinski definition) is 2. The number of nitrogens with one attached hydrogen (secondary N) is 1. The molecule has 0 fully saturated rings. The van der Waals surface area contributed by atoms with E-state index in [1.165, 1.54) is 11.3 Å². The molecule has 0 aliphatic carbocycles. The molecule has 3 N–H and O–H groups in total. The summed E-state index contributed by atoms with van der Waals surface area (Å²) in [5.41, 5.74) is 6.39. The molecule has 0 saturated heterocycles. The second kappa shape index (κ2) is 7.18. The van der Waals surface area contributed by atoms with Crippen LogP contribution in [0.1, 0.15) is 27.9 Å². The Kier molecular flexibility index (Phi) is 5.28. The minimum Gasteiger partial charge on any atom is -0.320 e. The number of carbonyl (C=O) groups excluding carboxylic acids is 1. The van der Waals surface area contributed by atoms with E-state index in [1.54, 1.807) is 18.2 Å². The first-order valence-electron chi connectivity index (χ1n) is 6.26. The van der Waals surface area contributed by atoms with Crippen molar-refractivity contribution in [2.45, 2.75) is 13.3 Å². The minimum absolute atomic E-state index is 0.259. The summed E-state index contributed by atoms with van der Waals surface area (Å²) in [6, 6.07) is 4.92. The Labute approximate surface area is 131 Å². The summed E-state index contributed by atoms with van der Waals surface area (Å²) in [7, 11) is 0. The first-order chi connectivity index (χ1) is 10.1. The van der Waals surface area contributed by atoms with Crippen LogP contribution in [-0.2, 0) is 6.42 Å². The molecule has 108 valence electrons. The van der Waals surface area contributed by atoms with Crippen LogP contribution in [0.25, 0.3) is 0 Å². The van der Waals surface area contributed by atoms with E-state index in [0.717, 1.165) is 11.4 Å². The number of rotatable bonds is 3. The second-order valence-corrected chi connectivity index (χ2v) is 5.48. The predicted molar refractivity (Wildman–Crippen MR) is 84.6 cm³/mol. The Hall–Kier alpha value is -1.94. The van der Waals surface area contributed by atoms with Crippen molar-refractivity contribution in [3.05, 3.63) is 39.4 Å². The van der Waals surface area contributed by atoms with E-state index in [2.05, 4.69) is 27.4 Å². The highest BCUT2D eigenvalue weighted by Crippen LogP contribution is 2.20. The smallest absolute Gasteiger partial charge is 0.257 e. The molecule has 2 aromatic rings. The number of nitrogens with two attached hydrogens (primary N) is 1. The molecule has 0 aliphatic rings. The van der Waals surface area contributed by atoms with Crippen LogP contribution < -0.4 is 11.1 Å².